The lowest BCUT2D eigenvalue weighted by molar-refractivity contribution is -0.121. The van der Waals surface area contributed by atoms with Crippen molar-refractivity contribution in [3.05, 3.63) is 29.8 Å². The van der Waals surface area contributed by atoms with E-state index in [2.05, 4.69) is 15.5 Å². The van der Waals surface area contributed by atoms with Crippen molar-refractivity contribution in [2.24, 2.45) is 0 Å². The molecule has 2 rings (SSSR count). The number of hydrogen-bond acceptors (Lipinski definition) is 5. The molecule has 0 fully saturated rings. The van der Waals surface area contributed by atoms with Crippen LogP contribution in [0, 0.1) is 6.92 Å². The maximum Gasteiger partial charge on any atom is 0.277 e. The minimum atomic E-state index is -0.300. The van der Waals surface area contributed by atoms with E-state index < -0.39 is 0 Å². The van der Waals surface area contributed by atoms with E-state index in [-0.39, 0.29) is 16.7 Å². The molecule has 6 heteroatoms. The Morgan fingerprint density at radius 1 is 1.35 bits per heavy atom. The van der Waals surface area contributed by atoms with E-state index >= 15 is 0 Å². The molecule has 0 aliphatic carbocycles. The van der Waals surface area contributed by atoms with Gasteiger partial charge in [0, 0.05) is 11.1 Å². The Bertz CT molecular complexity index is 682. The Kier molecular flexibility index (Phi) is 5.46. The fraction of sp³-hybridized carbons (Fsp3) is 0.471. The molecular formula is C17H23N3O2S. The van der Waals surface area contributed by atoms with Gasteiger partial charge < -0.3 is 9.73 Å². The van der Waals surface area contributed by atoms with E-state index in [1.54, 1.807) is 0 Å². The first-order valence-electron chi connectivity index (χ1n) is 7.70. The molecule has 1 atom stereocenters. The molecule has 1 heterocycles. The van der Waals surface area contributed by atoms with Crippen LogP contribution < -0.4 is 5.32 Å². The van der Waals surface area contributed by atoms with Crippen molar-refractivity contribution in [1.82, 2.24) is 15.5 Å². The third-order valence-electron chi connectivity index (χ3n) is 3.77. The highest BCUT2D eigenvalue weighted by Crippen LogP contribution is 2.28. The lowest BCUT2D eigenvalue weighted by Crippen LogP contribution is -2.46. The van der Waals surface area contributed by atoms with Crippen LogP contribution in [-0.2, 0) is 4.79 Å². The van der Waals surface area contributed by atoms with E-state index in [0.29, 0.717) is 11.1 Å². The van der Waals surface area contributed by atoms with E-state index in [1.807, 2.05) is 58.9 Å². The lowest BCUT2D eigenvalue weighted by atomic mass is 10.0. The molecule has 1 aromatic carbocycles. The van der Waals surface area contributed by atoms with Crippen LogP contribution in [-0.4, -0.2) is 26.9 Å². The van der Waals surface area contributed by atoms with E-state index in [4.69, 9.17) is 4.42 Å². The molecule has 0 radical (unpaired) electrons. The summed E-state index contributed by atoms with van der Waals surface area (Å²) in [6.07, 6.45) is 0.869. The number of rotatable bonds is 6. The molecule has 0 aliphatic rings. The number of thioether (sulfide) groups is 1. The molecule has 5 nitrogen and oxygen atoms in total. The zero-order valence-electron chi connectivity index (χ0n) is 14.2. The molecule has 1 N–H and O–H groups in total. The third kappa shape index (κ3) is 4.58. The quantitative estimate of drug-likeness (QED) is 0.814. The molecule has 0 bridgehead atoms. The normalized spacial score (nSPS) is 12.9. The third-order valence-corrected chi connectivity index (χ3v) is 4.71. The van der Waals surface area contributed by atoms with Crippen LogP contribution in [0.4, 0.5) is 0 Å². The Balaban J connectivity index is 2.04. The number of hydrogen-bond donors (Lipinski definition) is 1. The van der Waals surface area contributed by atoms with Crippen molar-refractivity contribution in [2.45, 2.75) is 57.1 Å². The Labute approximate surface area is 141 Å². The zero-order chi connectivity index (χ0) is 17.0. The molecule has 0 saturated heterocycles. The highest BCUT2D eigenvalue weighted by Gasteiger charge is 2.24. The minimum Gasteiger partial charge on any atom is -0.411 e. The van der Waals surface area contributed by atoms with Gasteiger partial charge in [-0.15, -0.1) is 10.2 Å². The largest absolute Gasteiger partial charge is 0.411 e. The predicted octanol–water partition coefficient (Wildman–Crippen LogP) is 3.83. The summed E-state index contributed by atoms with van der Waals surface area (Å²) in [7, 11) is 0. The summed E-state index contributed by atoms with van der Waals surface area (Å²) >= 11 is 1.27. The van der Waals surface area contributed by atoms with Gasteiger partial charge in [-0.1, -0.05) is 36.9 Å². The molecular weight excluding hydrogens is 310 g/mol. The molecule has 2 aromatic rings. The topological polar surface area (TPSA) is 68.0 Å². The number of carbonyl (C=O) groups is 1. The van der Waals surface area contributed by atoms with Crippen molar-refractivity contribution in [2.75, 3.05) is 0 Å². The van der Waals surface area contributed by atoms with Crippen molar-refractivity contribution in [3.8, 4) is 11.5 Å². The predicted molar refractivity (Wildman–Crippen MR) is 92.3 cm³/mol. The molecule has 1 amide bonds. The summed E-state index contributed by atoms with van der Waals surface area (Å²) in [5.41, 5.74) is 1.77. The van der Waals surface area contributed by atoms with Crippen molar-refractivity contribution < 1.29 is 9.21 Å². The van der Waals surface area contributed by atoms with Gasteiger partial charge in [0.15, 0.2) is 0 Å². The second-order valence-corrected chi connectivity index (χ2v) is 7.47. The van der Waals surface area contributed by atoms with Crippen molar-refractivity contribution in [3.63, 3.8) is 0 Å². The average molecular weight is 333 g/mol. The number of nitrogens with zero attached hydrogens (tertiary/aromatic N) is 2. The highest BCUT2D eigenvalue weighted by molar-refractivity contribution is 8.00. The summed E-state index contributed by atoms with van der Waals surface area (Å²) in [6.45, 7) is 9.89. The van der Waals surface area contributed by atoms with Gasteiger partial charge in [0.25, 0.3) is 5.22 Å². The lowest BCUT2D eigenvalue weighted by Gasteiger charge is -2.25. The van der Waals surface area contributed by atoms with Crippen LogP contribution in [0.5, 0.6) is 0 Å². The maximum atomic E-state index is 12.2. The molecule has 0 saturated carbocycles. The SMILES string of the molecule is CCC(C)(C)NC(=O)C(C)Sc1nnc(-c2ccccc2C)o1. The summed E-state index contributed by atoms with van der Waals surface area (Å²) in [5.74, 6) is 0.449. The summed E-state index contributed by atoms with van der Waals surface area (Å²) in [6, 6.07) is 7.83. The fourth-order valence-corrected chi connectivity index (χ4v) is 2.59. The average Bonchev–Trinajstić information content (AvgIpc) is 2.95. The number of aryl methyl sites for hydroxylation is 1. The highest BCUT2D eigenvalue weighted by atomic mass is 32.2. The van der Waals surface area contributed by atoms with E-state index in [0.717, 1.165) is 17.5 Å². The van der Waals surface area contributed by atoms with Crippen LogP contribution in [0.2, 0.25) is 0 Å². The van der Waals surface area contributed by atoms with E-state index in [1.165, 1.54) is 11.8 Å². The first kappa shape index (κ1) is 17.5. The monoisotopic (exact) mass is 333 g/mol. The summed E-state index contributed by atoms with van der Waals surface area (Å²) < 4.78 is 5.69. The summed E-state index contributed by atoms with van der Waals surface area (Å²) in [5, 5.41) is 11.2. The van der Waals surface area contributed by atoms with Crippen LogP contribution in [0.25, 0.3) is 11.5 Å². The summed E-state index contributed by atoms with van der Waals surface area (Å²) in [4.78, 5) is 12.2. The van der Waals surface area contributed by atoms with Crippen LogP contribution >= 0.6 is 11.8 Å². The Morgan fingerprint density at radius 2 is 2.04 bits per heavy atom. The molecule has 23 heavy (non-hydrogen) atoms. The van der Waals surface area contributed by atoms with Gasteiger partial charge in [0.1, 0.15) is 0 Å². The smallest absolute Gasteiger partial charge is 0.277 e. The molecule has 0 aliphatic heterocycles. The first-order chi connectivity index (χ1) is 10.8. The van der Waals surface area contributed by atoms with Gasteiger partial charge in [-0.05, 0) is 45.7 Å². The van der Waals surface area contributed by atoms with Crippen molar-refractivity contribution in [1.29, 1.82) is 0 Å². The van der Waals surface area contributed by atoms with Crippen molar-refractivity contribution >= 4 is 17.7 Å². The Morgan fingerprint density at radius 3 is 2.70 bits per heavy atom. The van der Waals surface area contributed by atoms with Gasteiger partial charge in [0.2, 0.25) is 11.8 Å². The molecule has 124 valence electrons. The standard InChI is InChI=1S/C17H23N3O2S/c1-6-17(4,5)18-14(21)12(3)23-16-20-19-15(22-16)13-10-8-7-9-11(13)2/h7-10,12H,6H2,1-5H3,(H,18,21). The zero-order valence-corrected chi connectivity index (χ0v) is 15.0. The van der Waals surface area contributed by atoms with Gasteiger partial charge >= 0.3 is 0 Å². The second-order valence-electron chi connectivity index (χ2n) is 6.17. The second kappa shape index (κ2) is 7.17. The van der Waals surface area contributed by atoms with Crippen LogP contribution in [0.15, 0.2) is 33.9 Å². The van der Waals surface area contributed by atoms with Gasteiger partial charge in [-0.2, -0.15) is 0 Å². The number of benzene rings is 1. The minimum absolute atomic E-state index is 0.0301. The van der Waals surface area contributed by atoms with Crippen LogP contribution in [0.3, 0.4) is 0 Å². The molecule has 0 spiro atoms. The van der Waals surface area contributed by atoms with Gasteiger partial charge in [-0.3, -0.25) is 4.79 Å². The van der Waals surface area contributed by atoms with Gasteiger partial charge in [-0.25, -0.2) is 0 Å². The molecule has 1 aromatic heterocycles. The van der Waals surface area contributed by atoms with Gasteiger partial charge in [0.05, 0.1) is 5.25 Å². The maximum absolute atomic E-state index is 12.2. The van der Waals surface area contributed by atoms with E-state index in [9.17, 15) is 4.79 Å². The number of carbonyl (C=O) groups excluding carboxylic acids is 1. The molecule has 1 unspecified atom stereocenters. The number of aromatic nitrogens is 2. The fourth-order valence-electron chi connectivity index (χ4n) is 1.91. The van der Waals surface area contributed by atoms with Crippen LogP contribution in [0.1, 0.15) is 39.7 Å². The number of amides is 1. The Hall–Kier alpha value is -1.82. The first-order valence-corrected chi connectivity index (χ1v) is 8.58. The number of nitrogens with one attached hydrogen (secondary N) is 1.